The number of nitrogens with one attached hydrogen (secondary N) is 1. The molecular weight excluding hydrogens is 317 g/mol. The SMILES string of the molecule is O=C(CCn1ccnc1)Nc1c(Cl)cc(Cl)cc1C(=O)O. The molecule has 2 N–H and O–H groups in total. The van der Waals surface area contributed by atoms with Gasteiger partial charge in [0.05, 0.1) is 22.6 Å². The standard InChI is InChI=1S/C13H11Cl2N3O3/c14-8-5-9(13(20)21)12(10(15)6-8)17-11(19)1-3-18-4-2-16-7-18/h2,4-7H,1,3H2,(H,17,19)(H,20,21). The monoisotopic (exact) mass is 327 g/mol. The minimum Gasteiger partial charge on any atom is -0.478 e. The Morgan fingerprint density at radius 1 is 1.33 bits per heavy atom. The number of carbonyl (C=O) groups is 2. The Labute approximate surface area is 130 Å². The Hall–Kier alpha value is -2.05. The van der Waals surface area contributed by atoms with Gasteiger partial charge in [-0.05, 0) is 12.1 Å². The molecule has 6 nitrogen and oxygen atoms in total. The number of anilines is 1. The average Bonchev–Trinajstić information content (AvgIpc) is 2.92. The van der Waals surface area contributed by atoms with Crippen LogP contribution in [0.1, 0.15) is 16.8 Å². The summed E-state index contributed by atoms with van der Waals surface area (Å²) in [6.07, 6.45) is 5.08. The Morgan fingerprint density at radius 3 is 2.71 bits per heavy atom. The highest BCUT2D eigenvalue weighted by molar-refractivity contribution is 6.37. The molecule has 0 atom stereocenters. The highest BCUT2D eigenvalue weighted by Crippen LogP contribution is 2.30. The van der Waals surface area contributed by atoms with Crippen molar-refractivity contribution in [2.75, 3.05) is 5.32 Å². The van der Waals surface area contributed by atoms with Crippen LogP contribution in [0.25, 0.3) is 0 Å². The fraction of sp³-hybridized carbons (Fsp3) is 0.154. The van der Waals surface area contributed by atoms with Crippen LogP contribution in [0.2, 0.25) is 10.0 Å². The van der Waals surface area contributed by atoms with Gasteiger partial charge in [-0.25, -0.2) is 9.78 Å². The van der Waals surface area contributed by atoms with Crippen molar-refractivity contribution in [3.05, 3.63) is 46.5 Å². The number of hydrogen-bond donors (Lipinski definition) is 2. The average molecular weight is 328 g/mol. The molecule has 1 heterocycles. The number of rotatable bonds is 5. The lowest BCUT2D eigenvalue weighted by atomic mass is 10.1. The third-order valence-electron chi connectivity index (χ3n) is 2.71. The van der Waals surface area contributed by atoms with Crippen molar-refractivity contribution in [1.29, 1.82) is 0 Å². The summed E-state index contributed by atoms with van der Waals surface area (Å²) in [6.45, 7) is 0.430. The Kier molecular flexibility index (Phi) is 4.82. The normalized spacial score (nSPS) is 10.4. The number of aromatic carboxylic acids is 1. The minimum atomic E-state index is -1.22. The van der Waals surface area contributed by atoms with Crippen molar-refractivity contribution < 1.29 is 14.7 Å². The first-order valence-corrected chi connectivity index (χ1v) is 6.71. The number of imidazole rings is 1. The lowest BCUT2D eigenvalue weighted by Crippen LogP contribution is -2.16. The van der Waals surface area contributed by atoms with Crippen LogP contribution in [0.5, 0.6) is 0 Å². The molecule has 2 rings (SSSR count). The molecule has 2 aromatic rings. The van der Waals surface area contributed by atoms with Gasteiger partial charge in [-0.15, -0.1) is 0 Å². The van der Waals surface area contributed by atoms with E-state index < -0.39 is 5.97 Å². The molecule has 0 unspecified atom stereocenters. The van der Waals surface area contributed by atoms with Gasteiger partial charge in [0.15, 0.2) is 0 Å². The smallest absolute Gasteiger partial charge is 0.337 e. The first kappa shape index (κ1) is 15.3. The number of aryl methyl sites for hydroxylation is 1. The summed E-state index contributed by atoms with van der Waals surface area (Å²) in [5.41, 5.74) is -0.104. The maximum atomic E-state index is 11.9. The number of nitrogens with zero attached hydrogens (tertiary/aromatic N) is 2. The molecule has 110 valence electrons. The molecule has 0 aliphatic carbocycles. The summed E-state index contributed by atoms with van der Waals surface area (Å²) < 4.78 is 1.74. The zero-order valence-electron chi connectivity index (χ0n) is 10.7. The maximum Gasteiger partial charge on any atom is 0.337 e. The van der Waals surface area contributed by atoms with Gasteiger partial charge in [0.1, 0.15) is 0 Å². The summed E-state index contributed by atoms with van der Waals surface area (Å²) >= 11 is 11.7. The lowest BCUT2D eigenvalue weighted by Gasteiger charge is -2.11. The van der Waals surface area contributed by atoms with Gasteiger partial charge >= 0.3 is 5.97 Å². The van der Waals surface area contributed by atoms with E-state index in [1.54, 1.807) is 23.3 Å². The molecule has 0 saturated heterocycles. The van der Waals surface area contributed by atoms with Gasteiger partial charge in [0.2, 0.25) is 5.91 Å². The van der Waals surface area contributed by atoms with Gasteiger partial charge in [-0.3, -0.25) is 4.79 Å². The quantitative estimate of drug-likeness (QED) is 0.884. The topological polar surface area (TPSA) is 84.2 Å². The molecule has 0 fully saturated rings. The summed E-state index contributed by atoms with van der Waals surface area (Å²) in [5, 5.41) is 11.9. The van der Waals surface area contributed by atoms with E-state index in [2.05, 4.69) is 10.3 Å². The minimum absolute atomic E-state index is 0.0456. The van der Waals surface area contributed by atoms with E-state index in [-0.39, 0.29) is 33.6 Å². The molecule has 21 heavy (non-hydrogen) atoms. The number of aromatic nitrogens is 2. The van der Waals surface area contributed by atoms with Gasteiger partial charge in [0, 0.05) is 30.4 Å². The summed E-state index contributed by atoms with van der Waals surface area (Å²) in [7, 11) is 0. The maximum absolute atomic E-state index is 11.9. The number of carboxylic acids is 1. The number of carbonyl (C=O) groups excluding carboxylic acids is 1. The summed E-state index contributed by atoms with van der Waals surface area (Å²) in [5.74, 6) is -1.57. The van der Waals surface area contributed by atoms with E-state index in [1.807, 2.05) is 0 Å². The summed E-state index contributed by atoms with van der Waals surface area (Å²) in [4.78, 5) is 26.9. The van der Waals surface area contributed by atoms with Crippen LogP contribution in [-0.4, -0.2) is 26.5 Å². The molecule has 0 spiro atoms. The van der Waals surface area contributed by atoms with E-state index in [9.17, 15) is 9.59 Å². The molecule has 1 amide bonds. The predicted molar refractivity (Wildman–Crippen MR) is 78.9 cm³/mol. The van der Waals surface area contributed by atoms with Crippen molar-refractivity contribution in [3.63, 3.8) is 0 Å². The van der Waals surface area contributed by atoms with Crippen LogP contribution in [0.15, 0.2) is 30.9 Å². The first-order chi connectivity index (χ1) is 9.97. The van der Waals surface area contributed by atoms with E-state index in [0.717, 1.165) is 0 Å². The largest absolute Gasteiger partial charge is 0.478 e. The van der Waals surface area contributed by atoms with Crippen LogP contribution in [-0.2, 0) is 11.3 Å². The molecule has 1 aromatic carbocycles. The van der Waals surface area contributed by atoms with Gasteiger partial charge < -0.3 is 15.0 Å². The van der Waals surface area contributed by atoms with Gasteiger partial charge in [-0.2, -0.15) is 0 Å². The van der Waals surface area contributed by atoms with Crippen LogP contribution >= 0.6 is 23.2 Å². The van der Waals surface area contributed by atoms with E-state index in [1.165, 1.54) is 12.1 Å². The highest BCUT2D eigenvalue weighted by atomic mass is 35.5. The third-order valence-corrected chi connectivity index (χ3v) is 3.22. The molecule has 0 radical (unpaired) electrons. The zero-order chi connectivity index (χ0) is 15.4. The van der Waals surface area contributed by atoms with Crippen molar-refractivity contribution in [3.8, 4) is 0 Å². The molecular formula is C13H11Cl2N3O3. The summed E-state index contributed by atoms with van der Waals surface area (Å²) in [6, 6.07) is 2.61. The van der Waals surface area contributed by atoms with Crippen molar-refractivity contribution >= 4 is 40.8 Å². The van der Waals surface area contributed by atoms with Crippen molar-refractivity contribution in [2.24, 2.45) is 0 Å². The third kappa shape index (κ3) is 3.96. The van der Waals surface area contributed by atoms with Gasteiger partial charge in [0.25, 0.3) is 0 Å². The van der Waals surface area contributed by atoms with E-state index in [4.69, 9.17) is 28.3 Å². The highest BCUT2D eigenvalue weighted by Gasteiger charge is 2.17. The number of halogens is 2. The lowest BCUT2D eigenvalue weighted by molar-refractivity contribution is -0.116. The first-order valence-electron chi connectivity index (χ1n) is 5.95. The number of amides is 1. The molecule has 0 aliphatic rings. The van der Waals surface area contributed by atoms with Crippen LogP contribution in [0, 0.1) is 0 Å². The fourth-order valence-electron chi connectivity index (χ4n) is 1.72. The Morgan fingerprint density at radius 2 is 2.10 bits per heavy atom. The second-order valence-corrected chi connectivity index (χ2v) is 5.06. The van der Waals surface area contributed by atoms with Crippen LogP contribution in [0.3, 0.4) is 0 Å². The van der Waals surface area contributed by atoms with Crippen molar-refractivity contribution in [2.45, 2.75) is 13.0 Å². The van der Waals surface area contributed by atoms with Gasteiger partial charge in [-0.1, -0.05) is 23.2 Å². The number of benzene rings is 1. The second-order valence-electron chi connectivity index (χ2n) is 4.21. The van der Waals surface area contributed by atoms with E-state index in [0.29, 0.717) is 6.54 Å². The molecule has 1 aromatic heterocycles. The Bertz CT molecular complexity index is 672. The fourth-order valence-corrected chi connectivity index (χ4v) is 2.26. The van der Waals surface area contributed by atoms with Crippen molar-refractivity contribution in [1.82, 2.24) is 9.55 Å². The van der Waals surface area contributed by atoms with E-state index >= 15 is 0 Å². The molecule has 0 saturated carbocycles. The molecule has 0 aliphatic heterocycles. The number of carboxylic acid groups (broad SMARTS) is 1. The van der Waals surface area contributed by atoms with Crippen LogP contribution < -0.4 is 5.32 Å². The molecule has 0 bridgehead atoms. The number of hydrogen-bond acceptors (Lipinski definition) is 3. The second kappa shape index (κ2) is 6.60. The predicted octanol–water partition coefficient (Wildman–Crippen LogP) is 2.92. The zero-order valence-corrected chi connectivity index (χ0v) is 12.2. The molecule has 8 heteroatoms. The Balaban J connectivity index is 2.11. The van der Waals surface area contributed by atoms with Crippen LogP contribution in [0.4, 0.5) is 5.69 Å².